The van der Waals surface area contributed by atoms with Crippen LogP contribution in [0.1, 0.15) is 35.7 Å². The standard InChI is InChI=1S/C24H29FN2O4/c1-15(2)12-26-23(28)20-14-27(24(29)17-7-5-6-8-21(17)25)13-19(20)18-11-16(30-3)9-10-22(18)31-4/h5-11,15,19-20H,12-14H2,1-4H3,(H,26,28)/t19-,20+/m1/s1. The van der Waals surface area contributed by atoms with Crippen LogP contribution >= 0.6 is 0 Å². The maximum atomic E-state index is 14.2. The van der Waals surface area contributed by atoms with Gasteiger partial charge in [-0.2, -0.15) is 0 Å². The van der Waals surface area contributed by atoms with Gasteiger partial charge >= 0.3 is 0 Å². The Balaban J connectivity index is 1.95. The van der Waals surface area contributed by atoms with E-state index in [-0.39, 0.29) is 30.5 Å². The van der Waals surface area contributed by atoms with Crippen molar-refractivity contribution in [2.75, 3.05) is 33.9 Å². The van der Waals surface area contributed by atoms with Gasteiger partial charge in [0.25, 0.3) is 5.91 Å². The van der Waals surface area contributed by atoms with Crippen LogP contribution in [0.3, 0.4) is 0 Å². The molecule has 2 aromatic rings. The zero-order valence-electron chi connectivity index (χ0n) is 18.4. The number of carbonyl (C=O) groups excluding carboxylic acids is 2. The van der Waals surface area contributed by atoms with Crippen molar-refractivity contribution in [3.63, 3.8) is 0 Å². The van der Waals surface area contributed by atoms with E-state index in [2.05, 4.69) is 5.32 Å². The van der Waals surface area contributed by atoms with Crippen LogP contribution in [0.2, 0.25) is 0 Å². The van der Waals surface area contributed by atoms with Crippen molar-refractivity contribution < 1.29 is 23.5 Å². The molecule has 0 aromatic heterocycles. The van der Waals surface area contributed by atoms with E-state index in [4.69, 9.17) is 9.47 Å². The normalized spacial score (nSPS) is 18.2. The van der Waals surface area contributed by atoms with Crippen molar-refractivity contribution in [1.29, 1.82) is 0 Å². The molecule has 6 nitrogen and oxygen atoms in total. The number of nitrogens with zero attached hydrogens (tertiary/aromatic N) is 1. The van der Waals surface area contributed by atoms with Gasteiger partial charge in [-0.3, -0.25) is 9.59 Å². The summed E-state index contributed by atoms with van der Waals surface area (Å²) >= 11 is 0. The number of benzene rings is 2. The first-order valence-corrected chi connectivity index (χ1v) is 10.4. The molecule has 1 heterocycles. The van der Waals surface area contributed by atoms with Crippen molar-refractivity contribution in [1.82, 2.24) is 10.2 Å². The summed E-state index contributed by atoms with van der Waals surface area (Å²) in [5.74, 6) is -0.384. The molecule has 0 aliphatic carbocycles. The van der Waals surface area contributed by atoms with E-state index in [1.165, 1.54) is 12.1 Å². The fraction of sp³-hybridized carbons (Fsp3) is 0.417. The number of hydrogen-bond donors (Lipinski definition) is 1. The Morgan fingerprint density at radius 2 is 1.87 bits per heavy atom. The van der Waals surface area contributed by atoms with Crippen molar-refractivity contribution >= 4 is 11.8 Å². The zero-order valence-corrected chi connectivity index (χ0v) is 18.4. The van der Waals surface area contributed by atoms with E-state index < -0.39 is 17.6 Å². The smallest absolute Gasteiger partial charge is 0.256 e. The summed E-state index contributed by atoms with van der Waals surface area (Å²) in [6.07, 6.45) is 0. The highest BCUT2D eigenvalue weighted by molar-refractivity contribution is 5.95. The maximum Gasteiger partial charge on any atom is 0.256 e. The lowest BCUT2D eigenvalue weighted by Crippen LogP contribution is -2.37. The average molecular weight is 429 g/mol. The third-order valence-electron chi connectivity index (χ3n) is 5.57. The molecule has 7 heteroatoms. The highest BCUT2D eigenvalue weighted by atomic mass is 19.1. The number of rotatable bonds is 7. The molecular formula is C24H29FN2O4. The first-order chi connectivity index (χ1) is 14.8. The van der Waals surface area contributed by atoms with E-state index in [9.17, 15) is 14.0 Å². The first kappa shape index (κ1) is 22.6. The largest absolute Gasteiger partial charge is 0.497 e. The molecule has 31 heavy (non-hydrogen) atoms. The number of nitrogens with one attached hydrogen (secondary N) is 1. The van der Waals surface area contributed by atoms with Crippen LogP contribution in [-0.4, -0.2) is 50.6 Å². The van der Waals surface area contributed by atoms with Crippen LogP contribution in [-0.2, 0) is 4.79 Å². The van der Waals surface area contributed by atoms with Crippen molar-refractivity contribution in [3.05, 3.63) is 59.4 Å². The summed E-state index contributed by atoms with van der Waals surface area (Å²) in [4.78, 5) is 27.7. The molecule has 0 bridgehead atoms. The van der Waals surface area contributed by atoms with Gasteiger partial charge in [0.15, 0.2) is 0 Å². The molecule has 2 atom stereocenters. The van der Waals surface area contributed by atoms with Gasteiger partial charge in [0.1, 0.15) is 17.3 Å². The first-order valence-electron chi connectivity index (χ1n) is 10.4. The second-order valence-electron chi connectivity index (χ2n) is 8.15. The molecule has 2 aromatic carbocycles. The molecule has 1 N–H and O–H groups in total. The number of methoxy groups -OCH3 is 2. The SMILES string of the molecule is COc1ccc(OC)c([C@H]2CN(C(=O)c3ccccc3F)C[C@@H]2C(=O)NCC(C)C)c1. The van der Waals surface area contributed by atoms with Gasteiger partial charge in [0.05, 0.1) is 25.7 Å². The lowest BCUT2D eigenvalue weighted by Gasteiger charge is -2.21. The van der Waals surface area contributed by atoms with Crippen molar-refractivity contribution in [3.8, 4) is 11.5 Å². The lowest BCUT2D eigenvalue weighted by molar-refractivity contribution is -0.125. The minimum absolute atomic E-state index is 0.00194. The Morgan fingerprint density at radius 3 is 2.52 bits per heavy atom. The number of ether oxygens (including phenoxy) is 2. The molecule has 1 saturated heterocycles. The van der Waals surface area contributed by atoms with E-state index in [1.54, 1.807) is 43.4 Å². The molecule has 166 valence electrons. The summed E-state index contributed by atoms with van der Waals surface area (Å²) < 4.78 is 25.1. The second-order valence-corrected chi connectivity index (χ2v) is 8.15. The molecule has 1 aliphatic heterocycles. The average Bonchev–Trinajstić information content (AvgIpc) is 3.22. The van der Waals surface area contributed by atoms with Gasteiger partial charge in [-0.1, -0.05) is 26.0 Å². The molecular weight excluding hydrogens is 399 g/mol. The van der Waals surface area contributed by atoms with Crippen LogP contribution in [0.5, 0.6) is 11.5 Å². The van der Waals surface area contributed by atoms with Crippen LogP contribution < -0.4 is 14.8 Å². The van der Waals surface area contributed by atoms with Gasteiger partial charge < -0.3 is 19.7 Å². The number of likely N-dealkylation sites (tertiary alicyclic amines) is 1. The van der Waals surface area contributed by atoms with Crippen molar-refractivity contribution in [2.24, 2.45) is 11.8 Å². The van der Waals surface area contributed by atoms with Gasteiger partial charge in [0, 0.05) is 31.1 Å². The maximum absolute atomic E-state index is 14.2. The van der Waals surface area contributed by atoms with Crippen LogP contribution in [0.15, 0.2) is 42.5 Å². The van der Waals surface area contributed by atoms with Crippen LogP contribution in [0.4, 0.5) is 4.39 Å². The van der Waals surface area contributed by atoms with Crippen molar-refractivity contribution in [2.45, 2.75) is 19.8 Å². The fourth-order valence-electron chi connectivity index (χ4n) is 3.92. The van der Waals surface area contributed by atoms with Crippen LogP contribution in [0, 0.1) is 17.7 Å². The lowest BCUT2D eigenvalue weighted by atomic mass is 9.87. The Hall–Kier alpha value is -3.09. The third kappa shape index (κ3) is 4.98. The number of amides is 2. The molecule has 1 aliphatic rings. The summed E-state index contributed by atoms with van der Waals surface area (Å²) in [7, 11) is 3.14. The Morgan fingerprint density at radius 1 is 1.13 bits per heavy atom. The zero-order chi connectivity index (χ0) is 22.5. The summed E-state index contributed by atoms with van der Waals surface area (Å²) in [6.45, 7) is 5.05. The molecule has 0 spiro atoms. The third-order valence-corrected chi connectivity index (χ3v) is 5.57. The topological polar surface area (TPSA) is 67.9 Å². The molecule has 2 amide bonds. The molecule has 0 saturated carbocycles. The molecule has 1 fully saturated rings. The van der Waals surface area contributed by atoms with E-state index in [0.29, 0.717) is 24.0 Å². The summed E-state index contributed by atoms with van der Waals surface area (Å²) in [5.41, 5.74) is 0.789. The quantitative estimate of drug-likeness (QED) is 0.733. The number of hydrogen-bond acceptors (Lipinski definition) is 4. The number of halogens is 1. The minimum Gasteiger partial charge on any atom is -0.497 e. The van der Waals surface area contributed by atoms with Gasteiger partial charge in [-0.25, -0.2) is 4.39 Å². The Labute approximate surface area is 182 Å². The van der Waals surface area contributed by atoms with Crippen LogP contribution in [0.25, 0.3) is 0 Å². The fourth-order valence-corrected chi connectivity index (χ4v) is 3.92. The predicted molar refractivity (Wildman–Crippen MR) is 116 cm³/mol. The monoisotopic (exact) mass is 428 g/mol. The summed E-state index contributed by atoms with van der Waals surface area (Å²) in [6, 6.07) is 11.3. The minimum atomic E-state index is -0.573. The van der Waals surface area contributed by atoms with Gasteiger partial charge in [-0.05, 0) is 36.2 Å². The molecule has 0 radical (unpaired) electrons. The highest BCUT2D eigenvalue weighted by Gasteiger charge is 2.42. The second kappa shape index (κ2) is 9.81. The van der Waals surface area contributed by atoms with Gasteiger partial charge in [-0.15, -0.1) is 0 Å². The Kier molecular flexibility index (Phi) is 7.15. The molecule has 0 unspecified atom stereocenters. The van der Waals surface area contributed by atoms with E-state index in [0.717, 1.165) is 5.56 Å². The number of carbonyl (C=O) groups is 2. The summed E-state index contributed by atoms with van der Waals surface area (Å²) in [5, 5.41) is 2.98. The Bertz CT molecular complexity index is 947. The van der Waals surface area contributed by atoms with E-state index in [1.807, 2.05) is 19.9 Å². The van der Waals surface area contributed by atoms with Gasteiger partial charge in [0.2, 0.25) is 5.91 Å². The predicted octanol–water partition coefficient (Wildman–Crippen LogP) is 3.47. The van der Waals surface area contributed by atoms with E-state index >= 15 is 0 Å². The highest BCUT2D eigenvalue weighted by Crippen LogP contribution is 2.40. The molecule has 3 rings (SSSR count).